The van der Waals surface area contributed by atoms with Gasteiger partial charge in [0.15, 0.2) is 6.17 Å². The third-order valence-electron chi connectivity index (χ3n) is 4.45. The van der Waals surface area contributed by atoms with Crippen molar-refractivity contribution in [2.75, 3.05) is 19.5 Å². The van der Waals surface area contributed by atoms with Crippen LogP contribution in [0.1, 0.15) is 19.4 Å². The number of nitrogens with zero attached hydrogens (tertiary/aromatic N) is 2. The van der Waals surface area contributed by atoms with Gasteiger partial charge < -0.3 is 15.2 Å². The fourth-order valence-electron chi connectivity index (χ4n) is 3.03. The first-order valence-corrected chi connectivity index (χ1v) is 8.75. The second kappa shape index (κ2) is 7.40. The van der Waals surface area contributed by atoms with Gasteiger partial charge in [-0.1, -0.05) is 6.08 Å². The van der Waals surface area contributed by atoms with Crippen molar-refractivity contribution in [3.05, 3.63) is 42.0 Å². The first kappa shape index (κ1) is 19.5. The highest BCUT2D eigenvalue weighted by molar-refractivity contribution is 6.27. The number of methoxy groups -OCH3 is 1. The van der Waals surface area contributed by atoms with Crippen LogP contribution in [0.15, 0.2) is 36.4 Å². The average molecular weight is 396 g/mol. The first-order chi connectivity index (χ1) is 12.8. The Balaban J connectivity index is 2.16. The number of rotatable bonds is 5. The summed E-state index contributed by atoms with van der Waals surface area (Å²) in [5.41, 5.74) is 7.11. The van der Waals surface area contributed by atoms with E-state index < -0.39 is 16.9 Å². The predicted molar refractivity (Wildman–Crippen MR) is 102 cm³/mol. The summed E-state index contributed by atoms with van der Waals surface area (Å²) in [6.45, 7) is 3.52. The maximum atomic E-state index is 15.0. The molecule has 1 aliphatic rings. The first-order valence-electron chi connectivity index (χ1n) is 8.37. The van der Waals surface area contributed by atoms with E-state index >= 15 is 0 Å². The zero-order chi connectivity index (χ0) is 19.8. The third kappa shape index (κ3) is 3.49. The SMILES string of the molecule is COC[C@@H](C)Oc1ccc(C2=CC=C(F)[C@@](C)(Cl)C2F)c2ncnc(N)c12. The van der Waals surface area contributed by atoms with E-state index in [1.165, 1.54) is 25.4 Å². The van der Waals surface area contributed by atoms with Crippen LogP contribution in [0.2, 0.25) is 0 Å². The van der Waals surface area contributed by atoms with Crippen LogP contribution in [-0.2, 0) is 4.74 Å². The van der Waals surface area contributed by atoms with Crippen molar-refractivity contribution in [1.82, 2.24) is 9.97 Å². The number of halogens is 3. The lowest BCUT2D eigenvalue weighted by atomic mass is 9.86. The Morgan fingerprint density at radius 2 is 2.07 bits per heavy atom. The average Bonchev–Trinajstić information content (AvgIpc) is 2.61. The molecule has 2 N–H and O–H groups in total. The minimum absolute atomic E-state index is 0.198. The smallest absolute Gasteiger partial charge is 0.151 e. The van der Waals surface area contributed by atoms with Crippen molar-refractivity contribution in [3.63, 3.8) is 0 Å². The molecule has 1 heterocycles. The van der Waals surface area contributed by atoms with Crippen molar-refractivity contribution in [2.45, 2.75) is 31.0 Å². The lowest BCUT2D eigenvalue weighted by Crippen LogP contribution is -2.34. The largest absolute Gasteiger partial charge is 0.487 e. The van der Waals surface area contributed by atoms with E-state index in [0.717, 1.165) is 0 Å². The number of benzene rings is 1. The molecule has 1 aliphatic carbocycles. The minimum Gasteiger partial charge on any atom is -0.487 e. The van der Waals surface area contributed by atoms with Crippen LogP contribution in [0.5, 0.6) is 5.75 Å². The zero-order valence-electron chi connectivity index (χ0n) is 15.2. The quantitative estimate of drug-likeness (QED) is 0.768. The van der Waals surface area contributed by atoms with Gasteiger partial charge in [-0.25, -0.2) is 18.7 Å². The summed E-state index contributed by atoms with van der Waals surface area (Å²) < 4.78 is 39.9. The Morgan fingerprint density at radius 1 is 1.33 bits per heavy atom. The molecule has 0 aliphatic heterocycles. The fraction of sp³-hybridized carbons (Fsp3) is 0.368. The monoisotopic (exact) mass is 395 g/mol. The van der Waals surface area contributed by atoms with E-state index in [1.807, 2.05) is 6.92 Å². The molecular formula is C19H20ClF2N3O2. The fourth-order valence-corrected chi connectivity index (χ4v) is 3.21. The highest BCUT2D eigenvalue weighted by Gasteiger charge is 2.42. The van der Waals surface area contributed by atoms with E-state index in [0.29, 0.717) is 28.8 Å². The molecule has 0 radical (unpaired) electrons. The number of hydrogen-bond acceptors (Lipinski definition) is 5. The molecule has 0 saturated carbocycles. The minimum atomic E-state index is -1.78. The van der Waals surface area contributed by atoms with Gasteiger partial charge in [0.25, 0.3) is 0 Å². The summed E-state index contributed by atoms with van der Waals surface area (Å²) >= 11 is 6.08. The Morgan fingerprint density at radius 3 is 2.78 bits per heavy atom. The highest BCUT2D eigenvalue weighted by atomic mass is 35.5. The van der Waals surface area contributed by atoms with E-state index in [1.54, 1.807) is 19.2 Å². The molecule has 27 heavy (non-hydrogen) atoms. The van der Waals surface area contributed by atoms with Gasteiger partial charge in [-0.2, -0.15) is 0 Å². The Hall–Kier alpha value is -2.25. The number of aromatic nitrogens is 2. The number of hydrogen-bond donors (Lipinski definition) is 1. The van der Waals surface area contributed by atoms with Gasteiger partial charge in [-0.05, 0) is 37.6 Å². The van der Waals surface area contributed by atoms with Crippen LogP contribution in [0, 0.1) is 0 Å². The van der Waals surface area contributed by atoms with Gasteiger partial charge in [0.05, 0.1) is 17.5 Å². The maximum Gasteiger partial charge on any atom is 0.151 e. The van der Waals surface area contributed by atoms with Crippen molar-refractivity contribution in [2.24, 2.45) is 0 Å². The van der Waals surface area contributed by atoms with Gasteiger partial charge in [-0.3, -0.25) is 0 Å². The molecule has 3 atom stereocenters. The van der Waals surface area contributed by atoms with Gasteiger partial charge in [0.1, 0.15) is 34.7 Å². The second-order valence-electron chi connectivity index (χ2n) is 6.55. The Kier molecular flexibility index (Phi) is 5.35. The van der Waals surface area contributed by atoms with Crippen molar-refractivity contribution >= 4 is 33.9 Å². The normalized spacial score (nSPS) is 23.7. The number of ether oxygens (including phenoxy) is 2. The van der Waals surface area contributed by atoms with Crippen LogP contribution in [-0.4, -0.2) is 40.8 Å². The second-order valence-corrected chi connectivity index (χ2v) is 7.34. The topological polar surface area (TPSA) is 70.3 Å². The van der Waals surface area contributed by atoms with E-state index in [-0.39, 0.29) is 17.5 Å². The molecule has 5 nitrogen and oxygen atoms in total. The summed E-state index contributed by atoms with van der Waals surface area (Å²) in [5, 5.41) is 0.456. The lowest BCUT2D eigenvalue weighted by Gasteiger charge is -2.30. The summed E-state index contributed by atoms with van der Waals surface area (Å²) in [7, 11) is 1.57. The van der Waals surface area contributed by atoms with Gasteiger partial charge >= 0.3 is 0 Å². The number of fused-ring (bicyclic) bond motifs is 1. The Labute approximate surface area is 160 Å². The van der Waals surface area contributed by atoms with Gasteiger partial charge in [0.2, 0.25) is 0 Å². The molecular weight excluding hydrogens is 376 g/mol. The third-order valence-corrected chi connectivity index (χ3v) is 4.82. The van der Waals surface area contributed by atoms with E-state index in [9.17, 15) is 8.78 Å². The molecule has 0 saturated heterocycles. The standard InChI is InChI=1S/C19H20ClF2N3O2/c1-10(8-26-3)27-13-6-4-11(16-15(13)18(23)25-9-24-16)12-5-7-14(21)19(2,20)17(12)22/h4-7,9-10,17H,8H2,1-3H3,(H2,23,24,25)/t10-,17?,19-/m1/s1. The Bertz CT molecular complexity index is 931. The molecule has 1 unspecified atom stereocenters. The van der Waals surface area contributed by atoms with Gasteiger partial charge in [0, 0.05) is 12.7 Å². The molecule has 2 aromatic rings. The van der Waals surface area contributed by atoms with E-state index in [4.69, 9.17) is 26.8 Å². The molecule has 0 amide bonds. The van der Waals surface area contributed by atoms with Crippen LogP contribution < -0.4 is 10.5 Å². The maximum absolute atomic E-state index is 15.0. The lowest BCUT2D eigenvalue weighted by molar-refractivity contribution is 0.0931. The summed E-state index contributed by atoms with van der Waals surface area (Å²) in [6, 6.07) is 3.32. The molecule has 0 fully saturated rings. The molecule has 1 aromatic carbocycles. The zero-order valence-corrected chi connectivity index (χ0v) is 15.9. The van der Waals surface area contributed by atoms with E-state index in [2.05, 4.69) is 9.97 Å². The van der Waals surface area contributed by atoms with Crippen molar-refractivity contribution in [1.29, 1.82) is 0 Å². The molecule has 0 spiro atoms. The number of anilines is 1. The molecule has 0 bridgehead atoms. The molecule has 3 rings (SSSR count). The molecule has 8 heteroatoms. The number of allylic oxidation sites excluding steroid dienone is 4. The predicted octanol–water partition coefficient (Wildman–Crippen LogP) is 4.21. The number of alkyl halides is 2. The number of nitrogens with two attached hydrogens (primary N) is 1. The summed E-state index contributed by atoms with van der Waals surface area (Å²) in [4.78, 5) is 6.50. The number of nitrogen functional groups attached to an aromatic ring is 1. The van der Waals surface area contributed by atoms with Crippen LogP contribution >= 0.6 is 11.6 Å². The van der Waals surface area contributed by atoms with Crippen LogP contribution in [0.3, 0.4) is 0 Å². The van der Waals surface area contributed by atoms with Crippen molar-refractivity contribution < 1.29 is 18.3 Å². The van der Waals surface area contributed by atoms with Crippen LogP contribution in [0.4, 0.5) is 14.6 Å². The summed E-state index contributed by atoms with van der Waals surface area (Å²) in [5.74, 6) is -0.0746. The van der Waals surface area contributed by atoms with Crippen molar-refractivity contribution in [3.8, 4) is 5.75 Å². The molecule has 1 aromatic heterocycles. The van der Waals surface area contributed by atoms with Crippen LogP contribution in [0.25, 0.3) is 16.5 Å². The highest BCUT2D eigenvalue weighted by Crippen LogP contribution is 2.44. The molecule has 144 valence electrons. The van der Waals surface area contributed by atoms with Gasteiger partial charge in [-0.15, -0.1) is 11.6 Å². The summed E-state index contributed by atoms with van der Waals surface area (Å²) in [6.07, 6.45) is 1.82.